The summed E-state index contributed by atoms with van der Waals surface area (Å²) in [5.74, 6) is -0.524. The minimum atomic E-state index is -0.543. The van der Waals surface area contributed by atoms with E-state index in [9.17, 15) is 9.59 Å². The Hall–Kier alpha value is -2.83. The van der Waals surface area contributed by atoms with Crippen molar-refractivity contribution in [1.82, 2.24) is 15.6 Å². The van der Waals surface area contributed by atoms with Gasteiger partial charge in [-0.3, -0.25) is 14.9 Å². The molecule has 2 atom stereocenters. The van der Waals surface area contributed by atoms with Gasteiger partial charge in [-0.05, 0) is 62.6 Å². The Morgan fingerprint density at radius 1 is 1.16 bits per heavy atom. The first-order valence-electron chi connectivity index (χ1n) is 10.3. The van der Waals surface area contributed by atoms with Crippen LogP contribution in [0, 0.1) is 0 Å². The lowest BCUT2D eigenvalue weighted by Gasteiger charge is -2.24. The van der Waals surface area contributed by atoms with Crippen LogP contribution in [0.4, 0.5) is 0 Å². The van der Waals surface area contributed by atoms with Crippen LogP contribution >= 0.6 is 11.6 Å². The Morgan fingerprint density at radius 2 is 1.94 bits per heavy atom. The zero-order valence-electron chi connectivity index (χ0n) is 17.8. The number of nitrogens with one attached hydrogen (secondary N) is 3. The number of H-pyrrole nitrogens is 1. The van der Waals surface area contributed by atoms with Crippen LogP contribution < -0.4 is 10.6 Å². The van der Waals surface area contributed by atoms with Crippen molar-refractivity contribution >= 4 is 34.4 Å². The topological polar surface area (TPSA) is 83.2 Å². The van der Waals surface area contributed by atoms with E-state index in [-0.39, 0.29) is 30.5 Å². The summed E-state index contributed by atoms with van der Waals surface area (Å²) in [5.41, 5.74) is 3.01. The number of aromatic amines is 1. The van der Waals surface area contributed by atoms with Crippen molar-refractivity contribution in [2.45, 2.75) is 44.9 Å². The van der Waals surface area contributed by atoms with E-state index < -0.39 is 5.60 Å². The number of aromatic nitrogens is 1. The lowest BCUT2D eigenvalue weighted by Crippen LogP contribution is -2.44. The third-order valence-electron chi connectivity index (χ3n) is 5.26. The standard InChI is InChI=1S/C24H26ClN3O3/c1-24(2,3)31-21(29)13-26-22-17-7-5-4-6-14(17)11-19(22)28-23(30)20-12-15-10-16(25)8-9-18(15)27-20/h4-10,12,19,22,26-27H,11,13H2,1-3H3,(H,28,30)/t19?,22-/m1/s1. The van der Waals surface area contributed by atoms with Gasteiger partial charge in [-0.2, -0.15) is 0 Å². The van der Waals surface area contributed by atoms with Crippen LogP contribution in [0.25, 0.3) is 10.9 Å². The highest BCUT2D eigenvalue weighted by molar-refractivity contribution is 6.31. The molecule has 4 rings (SSSR count). The molecule has 1 aliphatic rings. The van der Waals surface area contributed by atoms with E-state index >= 15 is 0 Å². The number of carbonyl (C=O) groups excluding carboxylic acids is 2. The highest BCUT2D eigenvalue weighted by atomic mass is 35.5. The van der Waals surface area contributed by atoms with E-state index in [0.717, 1.165) is 22.0 Å². The molecule has 1 unspecified atom stereocenters. The van der Waals surface area contributed by atoms with E-state index in [2.05, 4.69) is 21.7 Å². The van der Waals surface area contributed by atoms with Crippen molar-refractivity contribution in [3.63, 3.8) is 0 Å². The maximum atomic E-state index is 13.0. The van der Waals surface area contributed by atoms with Crippen LogP contribution in [0.1, 0.15) is 48.4 Å². The Kier molecular flexibility index (Phi) is 5.77. The molecular formula is C24H26ClN3O3. The number of fused-ring (bicyclic) bond motifs is 2. The molecule has 3 aromatic rings. The Bertz CT molecular complexity index is 1130. The summed E-state index contributed by atoms with van der Waals surface area (Å²) in [6.45, 7) is 5.58. The second kappa shape index (κ2) is 8.36. The summed E-state index contributed by atoms with van der Waals surface area (Å²) >= 11 is 6.06. The molecule has 0 radical (unpaired) electrons. The Balaban J connectivity index is 1.50. The molecule has 7 heteroatoms. The molecule has 0 spiro atoms. The fraction of sp³-hybridized carbons (Fsp3) is 0.333. The quantitative estimate of drug-likeness (QED) is 0.521. The van der Waals surface area contributed by atoms with Gasteiger partial charge in [-0.1, -0.05) is 35.9 Å². The highest BCUT2D eigenvalue weighted by Gasteiger charge is 2.34. The first-order valence-corrected chi connectivity index (χ1v) is 10.7. The number of benzene rings is 2. The predicted molar refractivity (Wildman–Crippen MR) is 121 cm³/mol. The molecule has 162 valence electrons. The van der Waals surface area contributed by atoms with Gasteiger partial charge in [0.05, 0.1) is 18.6 Å². The molecule has 0 aliphatic heterocycles. The lowest BCUT2D eigenvalue weighted by molar-refractivity contribution is -0.153. The molecule has 0 saturated heterocycles. The number of carbonyl (C=O) groups is 2. The minimum absolute atomic E-state index is 0.0630. The summed E-state index contributed by atoms with van der Waals surface area (Å²) in [5, 5.41) is 7.91. The summed E-state index contributed by atoms with van der Waals surface area (Å²) in [4.78, 5) is 28.3. The van der Waals surface area contributed by atoms with Gasteiger partial charge in [-0.25, -0.2) is 0 Å². The highest BCUT2D eigenvalue weighted by Crippen LogP contribution is 2.31. The van der Waals surface area contributed by atoms with Gasteiger partial charge in [0.2, 0.25) is 0 Å². The second-order valence-electron chi connectivity index (χ2n) is 8.84. The molecule has 1 amide bonds. The third-order valence-corrected chi connectivity index (χ3v) is 5.50. The van der Waals surface area contributed by atoms with Crippen LogP contribution in [0.3, 0.4) is 0 Å². The van der Waals surface area contributed by atoms with E-state index in [1.165, 1.54) is 0 Å². The summed E-state index contributed by atoms with van der Waals surface area (Å²) in [6, 6.07) is 14.9. The van der Waals surface area contributed by atoms with Gasteiger partial charge in [0.15, 0.2) is 0 Å². The number of amides is 1. The summed E-state index contributed by atoms with van der Waals surface area (Å²) in [7, 11) is 0. The van der Waals surface area contributed by atoms with Gasteiger partial charge in [-0.15, -0.1) is 0 Å². The van der Waals surface area contributed by atoms with Crippen LogP contribution in [-0.2, 0) is 16.0 Å². The van der Waals surface area contributed by atoms with Crippen molar-refractivity contribution < 1.29 is 14.3 Å². The maximum Gasteiger partial charge on any atom is 0.320 e. The average Bonchev–Trinajstić information content (AvgIpc) is 3.25. The van der Waals surface area contributed by atoms with Gasteiger partial charge in [0.1, 0.15) is 11.3 Å². The SMILES string of the molecule is CC(C)(C)OC(=O)CN[C@@H]1c2ccccc2CC1NC(=O)c1cc2cc(Cl)ccc2[nH]1. The molecule has 0 fully saturated rings. The van der Waals surface area contributed by atoms with Gasteiger partial charge < -0.3 is 15.0 Å². The number of rotatable bonds is 5. The lowest BCUT2D eigenvalue weighted by atomic mass is 10.1. The van der Waals surface area contributed by atoms with Crippen molar-refractivity contribution in [3.8, 4) is 0 Å². The van der Waals surface area contributed by atoms with E-state index in [1.807, 2.05) is 51.1 Å². The zero-order chi connectivity index (χ0) is 22.2. The number of hydrogen-bond donors (Lipinski definition) is 3. The smallest absolute Gasteiger partial charge is 0.320 e. The molecule has 0 saturated carbocycles. The number of hydrogen-bond acceptors (Lipinski definition) is 4. The molecule has 1 heterocycles. The van der Waals surface area contributed by atoms with Crippen molar-refractivity contribution in [1.29, 1.82) is 0 Å². The van der Waals surface area contributed by atoms with Gasteiger partial charge in [0, 0.05) is 15.9 Å². The molecule has 6 nitrogen and oxygen atoms in total. The van der Waals surface area contributed by atoms with E-state index in [1.54, 1.807) is 12.1 Å². The number of ether oxygens (including phenoxy) is 1. The predicted octanol–water partition coefficient (Wildman–Crippen LogP) is 4.15. The molecular weight excluding hydrogens is 414 g/mol. The first kappa shape index (κ1) is 21.4. The maximum absolute atomic E-state index is 13.0. The number of esters is 1. The van der Waals surface area contributed by atoms with Crippen molar-refractivity contribution in [2.24, 2.45) is 0 Å². The largest absolute Gasteiger partial charge is 0.459 e. The zero-order valence-corrected chi connectivity index (χ0v) is 18.5. The van der Waals surface area contributed by atoms with Crippen LogP contribution in [0.5, 0.6) is 0 Å². The van der Waals surface area contributed by atoms with Gasteiger partial charge >= 0.3 is 5.97 Å². The number of halogens is 1. The molecule has 3 N–H and O–H groups in total. The monoisotopic (exact) mass is 439 g/mol. The van der Waals surface area contributed by atoms with E-state index in [4.69, 9.17) is 16.3 Å². The fourth-order valence-electron chi connectivity index (χ4n) is 4.02. The molecule has 0 bridgehead atoms. The molecule has 31 heavy (non-hydrogen) atoms. The fourth-order valence-corrected chi connectivity index (χ4v) is 4.20. The normalized spacial score (nSPS) is 18.1. The van der Waals surface area contributed by atoms with Gasteiger partial charge in [0.25, 0.3) is 5.91 Å². The average molecular weight is 440 g/mol. The first-order chi connectivity index (χ1) is 14.7. The van der Waals surface area contributed by atoms with Crippen LogP contribution in [0.15, 0.2) is 48.5 Å². The Labute approximate surface area is 186 Å². The van der Waals surface area contributed by atoms with Crippen molar-refractivity contribution in [2.75, 3.05) is 6.54 Å². The third kappa shape index (κ3) is 4.92. The van der Waals surface area contributed by atoms with Crippen LogP contribution in [0.2, 0.25) is 5.02 Å². The summed E-state index contributed by atoms with van der Waals surface area (Å²) < 4.78 is 5.41. The minimum Gasteiger partial charge on any atom is -0.459 e. The van der Waals surface area contributed by atoms with Crippen LogP contribution in [-0.4, -0.2) is 35.0 Å². The van der Waals surface area contributed by atoms with E-state index in [0.29, 0.717) is 17.1 Å². The second-order valence-corrected chi connectivity index (χ2v) is 9.28. The Morgan fingerprint density at radius 3 is 2.71 bits per heavy atom. The van der Waals surface area contributed by atoms with Crippen molar-refractivity contribution in [3.05, 3.63) is 70.4 Å². The molecule has 2 aromatic carbocycles. The summed E-state index contributed by atoms with van der Waals surface area (Å²) in [6.07, 6.45) is 0.681. The molecule has 1 aliphatic carbocycles. The molecule has 1 aromatic heterocycles.